The first-order valence-corrected chi connectivity index (χ1v) is 7.41. The molecule has 1 heterocycles. The monoisotopic (exact) mass is 293 g/mol. The molecule has 0 bridgehead atoms. The number of aryl methyl sites for hydroxylation is 1. The van der Waals surface area contributed by atoms with Crippen molar-refractivity contribution in [2.75, 3.05) is 7.05 Å². The number of rotatable bonds is 5. The lowest BCUT2D eigenvalue weighted by atomic mass is 9.93. The summed E-state index contributed by atoms with van der Waals surface area (Å²) in [5.74, 6) is 0. The highest BCUT2D eigenvalue weighted by Crippen LogP contribution is 2.26. The lowest BCUT2D eigenvalue weighted by Crippen LogP contribution is -2.33. The highest BCUT2D eigenvalue weighted by atomic mass is 16.6. The molecular weight excluding hydrogens is 270 g/mol. The topological polar surface area (TPSA) is 77.3 Å². The van der Waals surface area contributed by atoms with Gasteiger partial charge in [-0.05, 0) is 46.6 Å². The van der Waals surface area contributed by atoms with Crippen molar-refractivity contribution in [1.82, 2.24) is 10.3 Å². The summed E-state index contributed by atoms with van der Waals surface area (Å²) in [5.41, 5.74) is 2.03. The van der Waals surface area contributed by atoms with Gasteiger partial charge in [0, 0.05) is 17.8 Å². The van der Waals surface area contributed by atoms with Crippen LogP contribution in [-0.4, -0.2) is 29.1 Å². The van der Waals surface area contributed by atoms with Crippen molar-refractivity contribution in [2.24, 2.45) is 0 Å². The van der Waals surface area contributed by atoms with Gasteiger partial charge in [-0.25, -0.2) is 0 Å². The Bertz CT molecular complexity index is 511. The Morgan fingerprint density at radius 3 is 2.62 bits per heavy atom. The van der Waals surface area contributed by atoms with Crippen LogP contribution in [0.25, 0.3) is 0 Å². The van der Waals surface area contributed by atoms with Crippen LogP contribution in [0, 0.1) is 24.0 Å². The second-order valence-electron chi connectivity index (χ2n) is 5.69. The van der Waals surface area contributed by atoms with E-state index >= 15 is 0 Å². The Kier molecular flexibility index (Phi) is 5.25. The highest BCUT2D eigenvalue weighted by molar-refractivity contribution is 5.47. The van der Waals surface area contributed by atoms with Crippen molar-refractivity contribution in [3.63, 3.8) is 0 Å². The standard InChI is InChI=1S/C15H23N3O3/c1-10-8-17-14(11(2)15(10)18(19)20)9-21-13-6-4-12(16-3)5-7-13/h8,12-13,16H,4-7,9H2,1-3H3. The first-order chi connectivity index (χ1) is 10.0. The molecule has 0 radical (unpaired) electrons. The zero-order valence-electron chi connectivity index (χ0n) is 12.9. The van der Waals surface area contributed by atoms with E-state index in [9.17, 15) is 10.1 Å². The van der Waals surface area contributed by atoms with E-state index in [-0.39, 0.29) is 16.7 Å². The van der Waals surface area contributed by atoms with E-state index in [1.807, 2.05) is 7.05 Å². The van der Waals surface area contributed by atoms with Gasteiger partial charge in [0.15, 0.2) is 0 Å². The number of nitro groups is 1. The van der Waals surface area contributed by atoms with Crippen LogP contribution in [0.4, 0.5) is 5.69 Å². The summed E-state index contributed by atoms with van der Waals surface area (Å²) in [5, 5.41) is 14.4. The third kappa shape index (κ3) is 3.77. The summed E-state index contributed by atoms with van der Waals surface area (Å²) in [4.78, 5) is 15.1. The third-order valence-corrected chi connectivity index (χ3v) is 4.30. The van der Waals surface area contributed by atoms with Crippen LogP contribution >= 0.6 is 0 Å². The second-order valence-corrected chi connectivity index (χ2v) is 5.69. The largest absolute Gasteiger partial charge is 0.372 e. The van der Waals surface area contributed by atoms with E-state index in [0.717, 1.165) is 25.7 Å². The fourth-order valence-electron chi connectivity index (χ4n) is 2.91. The predicted octanol–water partition coefficient (Wildman–Crippen LogP) is 2.65. The molecule has 6 heteroatoms. The number of pyridine rings is 1. The van der Waals surface area contributed by atoms with Crippen molar-refractivity contribution < 1.29 is 9.66 Å². The average Bonchev–Trinajstić information content (AvgIpc) is 2.46. The van der Waals surface area contributed by atoms with Gasteiger partial charge in [0.1, 0.15) is 0 Å². The summed E-state index contributed by atoms with van der Waals surface area (Å²) in [7, 11) is 1.99. The normalized spacial score (nSPS) is 22.2. The highest BCUT2D eigenvalue weighted by Gasteiger charge is 2.22. The smallest absolute Gasteiger partial charge is 0.278 e. The van der Waals surface area contributed by atoms with Crippen LogP contribution in [0.15, 0.2) is 6.20 Å². The van der Waals surface area contributed by atoms with Gasteiger partial charge in [0.05, 0.1) is 28.9 Å². The van der Waals surface area contributed by atoms with E-state index in [1.54, 1.807) is 20.0 Å². The number of hydrogen-bond acceptors (Lipinski definition) is 5. The molecule has 0 spiro atoms. The molecule has 1 saturated carbocycles. The SMILES string of the molecule is CNC1CCC(OCc2ncc(C)c([N+](=O)[O-])c2C)CC1. The van der Waals surface area contributed by atoms with E-state index in [0.29, 0.717) is 29.5 Å². The predicted molar refractivity (Wildman–Crippen MR) is 80.3 cm³/mol. The van der Waals surface area contributed by atoms with E-state index < -0.39 is 0 Å². The molecule has 1 aliphatic rings. The van der Waals surface area contributed by atoms with Gasteiger partial charge >= 0.3 is 0 Å². The Labute approximate surface area is 125 Å². The molecule has 1 N–H and O–H groups in total. The van der Waals surface area contributed by atoms with Crippen LogP contribution in [-0.2, 0) is 11.3 Å². The molecule has 6 nitrogen and oxygen atoms in total. The van der Waals surface area contributed by atoms with Gasteiger partial charge in [-0.1, -0.05) is 0 Å². The van der Waals surface area contributed by atoms with Gasteiger partial charge in [0.25, 0.3) is 5.69 Å². The van der Waals surface area contributed by atoms with Crippen molar-refractivity contribution in [2.45, 2.75) is 58.3 Å². The molecule has 0 saturated heterocycles. The minimum absolute atomic E-state index is 0.155. The molecular formula is C15H23N3O3. The van der Waals surface area contributed by atoms with Crippen molar-refractivity contribution in [3.05, 3.63) is 33.1 Å². The summed E-state index contributed by atoms with van der Waals surface area (Å²) < 4.78 is 5.90. The molecule has 0 aliphatic heterocycles. The first kappa shape index (κ1) is 15.9. The molecule has 1 aromatic rings. The van der Waals surface area contributed by atoms with Gasteiger partial charge in [-0.3, -0.25) is 15.1 Å². The Morgan fingerprint density at radius 1 is 1.38 bits per heavy atom. The van der Waals surface area contributed by atoms with Crippen LogP contribution in [0.3, 0.4) is 0 Å². The molecule has 0 unspecified atom stereocenters. The van der Waals surface area contributed by atoms with Gasteiger partial charge in [0.2, 0.25) is 0 Å². The molecule has 0 amide bonds. The Hall–Kier alpha value is -1.53. The number of ether oxygens (including phenoxy) is 1. The number of nitrogens with zero attached hydrogens (tertiary/aromatic N) is 2. The summed E-state index contributed by atoms with van der Waals surface area (Å²) in [6.07, 6.45) is 6.07. The quantitative estimate of drug-likeness (QED) is 0.667. The van der Waals surface area contributed by atoms with Crippen molar-refractivity contribution in [1.29, 1.82) is 0 Å². The Morgan fingerprint density at radius 2 is 2.05 bits per heavy atom. The first-order valence-electron chi connectivity index (χ1n) is 7.41. The third-order valence-electron chi connectivity index (χ3n) is 4.30. The molecule has 0 aromatic carbocycles. The molecule has 2 rings (SSSR count). The molecule has 1 aliphatic carbocycles. The maximum atomic E-state index is 11.1. The summed E-state index contributed by atoms with van der Waals surface area (Å²) >= 11 is 0. The lowest BCUT2D eigenvalue weighted by Gasteiger charge is -2.28. The van der Waals surface area contributed by atoms with Crippen molar-refractivity contribution in [3.8, 4) is 0 Å². The lowest BCUT2D eigenvalue weighted by molar-refractivity contribution is -0.386. The molecule has 1 aromatic heterocycles. The van der Waals surface area contributed by atoms with E-state index in [4.69, 9.17) is 4.74 Å². The number of hydrogen-bond donors (Lipinski definition) is 1. The van der Waals surface area contributed by atoms with Crippen LogP contribution in [0.1, 0.15) is 42.5 Å². The molecule has 1 fully saturated rings. The maximum Gasteiger partial charge on any atom is 0.278 e. The average molecular weight is 293 g/mol. The number of nitrogens with one attached hydrogen (secondary N) is 1. The van der Waals surface area contributed by atoms with Gasteiger partial charge < -0.3 is 10.1 Å². The molecule has 0 atom stereocenters. The number of aromatic nitrogens is 1. The Balaban J connectivity index is 1.98. The van der Waals surface area contributed by atoms with Crippen LogP contribution in [0.5, 0.6) is 0 Å². The van der Waals surface area contributed by atoms with Crippen molar-refractivity contribution >= 4 is 5.69 Å². The fourth-order valence-corrected chi connectivity index (χ4v) is 2.91. The zero-order valence-corrected chi connectivity index (χ0v) is 12.9. The molecule has 116 valence electrons. The summed E-state index contributed by atoms with van der Waals surface area (Å²) in [6.45, 7) is 3.80. The second kappa shape index (κ2) is 6.95. The fraction of sp³-hybridized carbons (Fsp3) is 0.667. The minimum atomic E-state index is -0.339. The van der Waals surface area contributed by atoms with Gasteiger partial charge in [-0.15, -0.1) is 0 Å². The van der Waals surface area contributed by atoms with Crippen LogP contribution < -0.4 is 5.32 Å². The minimum Gasteiger partial charge on any atom is -0.372 e. The van der Waals surface area contributed by atoms with Gasteiger partial charge in [-0.2, -0.15) is 0 Å². The van der Waals surface area contributed by atoms with E-state index in [2.05, 4.69) is 10.3 Å². The van der Waals surface area contributed by atoms with Crippen LogP contribution in [0.2, 0.25) is 0 Å². The van der Waals surface area contributed by atoms with E-state index in [1.165, 1.54) is 0 Å². The summed E-state index contributed by atoms with van der Waals surface area (Å²) in [6, 6.07) is 0.588. The molecule has 21 heavy (non-hydrogen) atoms. The maximum absolute atomic E-state index is 11.1. The zero-order chi connectivity index (χ0) is 15.4.